The molecule has 1 atom stereocenters. The van der Waals surface area contributed by atoms with Crippen LogP contribution in [0.15, 0.2) is 34.9 Å². The molecule has 0 aromatic heterocycles. The predicted octanol–water partition coefficient (Wildman–Crippen LogP) is 4.51. The first-order chi connectivity index (χ1) is 9.35. The number of aliphatic carboxylic acids is 1. The van der Waals surface area contributed by atoms with Crippen LogP contribution in [0.2, 0.25) is 0 Å². The van der Waals surface area contributed by atoms with E-state index in [1.54, 1.807) is 0 Å². The molecule has 0 bridgehead atoms. The fourth-order valence-corrected chi connectivity index (χ4v) is 1.96. The molecule has 0 aromatic carbocycles. The van der Waals surface area contributed by atoms with Gasteiger partial charge in [0.15, 0.2) is 0 Å². The van der Waals surface area contributed by atoms with Gasteiger partial charge in [0.05, 0.1) is 6.10 Å². The molecule has 0 aromatic rings. The molecule has 0 unspecified atom stereocenters. The fraction of sp³-hybridized carbons (Fsp3) is 0.588. The van der Waals surface area contributed by atoms with Gasteiger partial charge >= 0.3 is 5.97 Å². The van der Waals surface area contributed by atoms with Crippen molar-refractivity contribution in [2.24, 2.45) is 0 Å². The second kappa shape index (κ2) is 10.4. The summed E-state index contributed by atoms with van der Waals surface area (Å²) in [5.41, 5.74) is 3.44. The standard InChI is InChI=1S/C17H28O3/c1-6-20-16(11-15(5)12-17(18)19)10-14(4)9-7-8-13(2)3/h8,10,12,16H,6-7,9,11H2,1-5H3,(H,18,19)/b14-10+,15-12-/t16-/m1/s1. The maximum absolute atomic E-state index is 10.6. The molecular weight excluding hydrogens is 252 g/mol. The molecule has 1 N–H and O–H groups in total. The van der Waals surface area contributed by atoms with Gasteiger partial charge in [-0.25, -0.2) is 4.79 Å². The minimum Gasteiger partial charge on any atom is -0.478 e. The number of ether oxygens (including phenoxy) is 1. The average molecular weight is 280 g/mol. The monoisotopic (exact) mass is 280 g/mol. The van der Waals surface area contributed by atoms with Gasteiger partial charge in [0, 0.05) is 12.7 Å². The zero-order valence-electron chi connectivity index (χ0n) is 13.4. The summed E-state index contributed by atoms with van der Waals surface area (Å²) in [6.45, 7) is 10.7. The number of hydrogen-bond acceptors (Lipinski definition) is 2. The Kier molecular flexibility index (Phi) is 9.73. The summed E-state index contributed by atoms with van der Waals surface area (Å²) in [4.78, 5) is 10.6. The number of allylic oxidation sites excluding steroid dienone is 3. The maximum atomic E-state index is 10.6. The number of carboxylic acid groups (broad SMARTS) is 1. The van der Waals surface area contributed by atoms with Crippen LogP contribution >= 0.6 is 0 Å². The molecule has 0 saturated carbocycles. The third kappa shape index (κ3) is 10.6. The van der Waals surface area contributed by atoms with E-state index in [9.17, 15) is 4.79 Å². The summed E-state index contributed by atoms with van der Waals surface area (Å²) >= 11 is 0. The molecule has 0 aliphatic carbocycles. The van der Waals surface area contributed by atoms with E-state index < -0.39 is 5.97 Å². The molecule has 0 heterocycles. The van der Waals surface area contributed by atoms with Gasteiger partial charge in [-0.3, -0.25) is 0 Å². The zero-order chi connectivity index (χ0) is 15.5. The van der Waals surface area contributed by atoms with Gasteiger partial charge in [-0.15, -0.1) is 0 Å². The Bertz CT molecular complexity index is 385. The van der Waals surface area contributed by atoms with E-state index in [2.05, 4.69) is 32.9 Å². The van der Waals surface area contributed by atoms with Crippen molar-refractivity contribution in [1.29, 1.82) is 0 Å². The maximum Gasteiger partial charge on any atom is 0.328 e. The van der Waals surface area contributed by atoms with Crippen LogP contribution in [-0.2, 0) is 9.53 Å². The first-order valence-electron chi connectivity index (χ1n) is 7.17. The Labute approximate surface area is 123 Å². The molecule has 0 aliphatic rings. The first kappa shape index (κ1) is 18.7. The molecule has 0 rings (SSSR count). The lowest BCUT2D eigenvalue weighted by molar-refractivity contribution is -0.131. The van der Waals surface area contributed by atoms with Crippen LogP contribution in [0, 0.1) is 0 Å². The highest BCUT2D eigenvalue weighted by molar-refractivity contribution is 5.80. The largest absolute Gasteiger partial charge is 0.478 e. The van der Waals surface area contributed by atoms with E-state index in [0.717, 1.165) is 18.4 Å². The highest BCUT2D eigenvalue weighted by Crippen LogP contribution is 2.14. The molecule has 0 saturated heterocycles. The normalized spacial score (nSPS) is 14.1. The summed E-state index contributed by atoms with van der Waals surface area (Å²) in [5.74, 6) is -0.901. The van der Waals surface area contributed by atoms with E-state index in [1.165, 1.54) is 17.2 Å². The minimum absolute atomic E-state index is 0.0395. The highest BCUT2D eigenvalue weighted by Gasteiger charge is 2.07. The predicted molar refractivity (Wildman–Crippen MR) is 83.8 cm³/mol. The Morgan fingerprint density at radius 2 is 1.85 bits per heavy atom. The molecule has 3 heteroatoms. The Morgan fingerprint density at radius 3 is 2.35 bits per heavy atom. The Balaban J connectivity index is 4.58. The van der Waals surface area contributed by atoms with Crippen molar-refractivity contribution in [3.8, 4) is 0 Å². The van der Waals surface area contributed by atoms with E-state index in [0.29, 0.717) is 13.0 Å². The first-order valence-corrected chi connectivity index (χ1v) is 7.17. The molecule has 0 fully saturated rings. The summed E-state index contributed by atoms with van der Waals surface area (Å²) < 4.78 is 5.67. The zero-order valence-corrected chi connectivity index (χ0v) is 13.4. The van der Waals surface area contributed by atoms with E-state index in [-0.39, 0.29) is 6.10 Å². The topological polar surface area (TPSA) is 46.5 Å². The van der Waals surface area contributed by atoms with Crippen molar-refractivity contribution in [3.05, 3.63) is 34.9 Å². The molecular formula is C17H28O3. The van der Waals surface area contributed by atoms with Gasteiger partial charge in [0.1, 0.15) is 0 Å². The van der Waals surface area contributed by atoms with Crippen LogP contribution in [0.1, 0.15) is 53.9 Å². The van der Waals surface area contributed by atoms with Gasteiger partial charge in [0.25, 0.3) is 0 Å². The van der Waals surface area contributed by atoms with Crippen molar-refractivity contribution in [1.82, 2.24) is 0 Å². The van der Waals surface area contributed by atoms with Gasteiger partial charge in [-0.05, 0) is 53.9 Å². The quantitative estimate of drug-likeness (QED) is 0.499. The molecule has 3 nitrogen and oxygen atoms in total. The second-order valence-corrected chi connectivity index (χ2v) is 5.36. The van der Waals surface area contributed by atoms with Crippen LogP contribution < -0.4 is 0 Å². The van der Waals surface area contributed by atoms with Crippen molar-refractivity contribution < 1.29 is 14.6 Å². The summed E-state index contributed by atoms with van der Waals surface area (Å²) in [6, 6.07) is 0. The van der Waals surface area contributed by atoms with Crippen molar-refractivity contribution in [2.45, 2.75) is 60.0 Å². The van der Waals surface area contributed by atoms with Crippen LogP contribution in [0.5, 0.6) is 0 Å². The lowest BCUT2D eigenvalue weighted by Gasteiger charge is -2.14. The van der Waals surface area contributed by atoms with Crippen LogP contribution in [0.4, 0.5) is 0 Å². The van der Waals surface area contributed by atoms with E-state index >= 15 is 0 Å². The lowest BCUT2D eigenvalue weighted by Crippen LogP contribution is -2.11. The molecule has 0 aliphatic heterocycles. The van der Waals surface area contributed by atoms with Crippen LogP contribution in [0.25, 0.3) is 0 Å². The molecule has 0 spiro atoms. The Hall–Kier alpha value is -1.35. The Morgan fingerprint density at radius 1 is 1.20 bits per heavy atom. The summed E-state index contributed by atoms with van der Waals surface area (Å²) in [6.07, 6.45) is 8.22. The van der Waals surface area contributed by atoms with Crippen molar-refractivity contribution >= 4 is 5.97 Å². The molecule has 0 radical (unpaired) electrons. The van der Waals surface area contributed by atoms with Crippen LogP contribution in [0.3, 0.4) is 0 Å². The summed E-state index contributed by atoms with van der Waals surface area (Å²) in [7, 11) is 0. The van der Waals surface area contributed by atoms with Gasteiger partial charge < -0.3 is 9.84 Å². The van der Waals surface area contributed by atoms with E-state index in [4.69, 9.17) is 9.84 Å². The van der Waals surface area contributed by atoms with E-state index in [1.807, 2.05) is 13.8 Å². The fourth-order valence-electron chi connectivity index (χ4n) is 1.96. The SMILES string of the molecule is CCO[C@H](/C=C(\C)CCC=C(C)C)C/C(C)=C\C(=O)O. The second-order valence-electron chi connectivity index (χ2n) is 5.36. The number of rotatable bonds is 9. The summed E-state index contributed by atoms with van der Waals surface area (Å²) in [5, 5.41) is 8.74. The minimum atomic E-state index is -0.901. The molecule has 0 amide bonds. The van der Waals surface area contributed by atoms with Gasteiger partial charge in [-0.1, -0.05) is 28.9 Å². The van der Waals surface area contributed by atoms with Crippen molar-refractivity contribution in [3.63, 3.8) is 0 Å². The average Bonchev–Trinajstić information content (AvgIpc) is 2.27. The van der Waals surface area contributed by atoms with Gasteiger partial charge in [0.2, 0.25) is 0 Å². The van der Waals surface area contributed by atoms with Crippen LogP contribution in [-0.4, -0.2) is 23.8 Å². The third-order valence-electron chi connectivity index (χ3n) is 2.84. The number of carboxylic acids is 1. The third-order valence-corrected chi connectivity index (χ3v) is 2.84. The highest BCUT2D eigenvalue weighted by atomic mass is 16.5. The molecule has 114 valence electrons. The smallest absolute Gasteiger partial charge is 0.328 e. The van der Waals surface area contributed by atoms with Crippen molar-refractivity contribution in [2.75, 3.05) is 6.61 Å². The number of hydrogen-bond donors (Lipinski definition) is 1. The molecule has 20 heavy (non-hydrogen) atoms. The lowest BCUT2D eigenvalue weighted by atomic mass is 10.0. The number of carbonyl (C=O) groups is 1. The van der Waals surface area contributed by atoms with Gasteiger partial charge in [-0.2, -0.15) is 0 Å².